The molecule has 0 aromatic heterocycles. The average molecular weight is 569 g/mol. The van der Waals surface area contributed by atoms with E-state index in [4.69, 9.17) is 14.2 Å². The largest absolute Gasteiger partial charge is 0.497 e. The molecule has 3 aromatic carbocycles. The lowest BCUT2D eigenvalue weighted by molar-refractivity contribution is 0.0895. The Labute approximate surface area is 250 Å². The fourth-order valence-electron chi connectivity index (χ4n) is 7.15. The maximum absolute atomic E-state index is 13.6. The van der Waals surface area contributed by atoms with Gasteiger partial charge in [-0.3, -0.25) is 9.69 Å². The minimum absolute atomic E-state index is 0.0615. The Morgan fingerprint density at radius 3 is 2.48 bits per heavy atom. The molecule has 3 aliphatic rings. The van der Waals surface area contributed by atoms with Gasteiger partial charge >= 0.3 is 0 Å². The van der Waals surface area contributed by atoms with E-state index in [1.807, 2.05) is 18.2 Å². The van der Waals surface area contributed by atoms with Crippen LogP contribution in [0.25, 0.3) is 0 Å². The van der Waals surface area contributed by atoms with Crippen LogP contribution in [0.3, 0.4) is 0 Å². The monoisotopic (exact) mass is 568 g/mol. The molecule has 1 saturated heterocycles. The highest BCUT2D eigenvalue weighted by Gasteiger charge is 2.35. The lowest BCUT2D eigenvalue weighted by Gasteiger charge is -2.36. The Bertz CT molecular complexity index is 1380. The SMILES string of the molecule is COc1ccc2c(c1)CCCN2C(C)COc1cc2c(cc1OC)CC(CC1CCN(Cc3ccccc3)CC1)C2=O. The minimum atomic E-state index is 0.0615. The second-order valence-electron chi connectivity index (χ2n) is 12.3. The Morgan fingerprint density at radius 1 is 0.905 bits per heavy atom. The van der Waals surface area contributed by atoms with Gasteiger partial charge in [-0.2, -0.15) is 0 Å². The Hall–Kier alpha value is -3.51. The third kappa shape index (κ3) is 6.14. The van der Waals surface area contributed by atoms with Gasteiger partial charge in [-0.05, 0) is 111 Å². The van der Waals surface area contributed by atoms with Crippen LogP contribution in [0.2, 0.25) is 0 Å². The molecule has 6 heteroatoms. The van der Waals surface area contributed by atoms with Crippen LogP contribution in [0, 0.1) is 11.8 Å². The molecule has 2 heterocycles. The zero-order valence-electron chi connectivity index (χ0n) is 25.3. The summed E-state index contributed by atoms with van der Waals surface area (Å²) in [6.45, 7) is 6.93. The molecule has 222 valence electrons. The van der Waals surface area contributed by atoms with Crippen LogP contribution in [-0.4, -0.2) is 57.2 Å². The number of rotatable bonds is 10. The second kappa shape index (κ2) is 12.8. The summed E-state index contributed by atoms with van der Waals surface area (Å²) in [6.07, 6.45) is 6.27. The first kappa shape index (κ1) is 28.6. The molecule has 1 fully saturated rings. The molecule has 2 atom stereocenters. The Kier molecular flexibility index (Phi) is 8.71. The third-order valence-electron chi connectivity index (χ3n) is 9.52. The van der Waals surface area contributed by atoms with Gasteiger partial charge in [-0.25, -0.2) is 0 Å². The summed E-state index contributed by atoms with van der Waals surface area (Å²) in [5.74, 6) is 3.22. The number of hydrogen-bond acceptors (Lipinski definition) is 6. The van der Waals surface area contributed by atoms with E-state index in [9.17, 15) is 4.79 Å². The number of hydrogen-bond donors (Lipinski definition) is 0. The van der Waals surface area contributed by atoms with Crippen molar-refractivity contribution in [3.63, 3.8) is 0 Å². The molecule has 0 amide bonds. The van der Waals surface area contributed by atoms with E-state index in [1.54, 1.807) is 14.2 Å². The van der Waals surface area contributed by atoms with Crippen molar-refractivity contribution in [3.8, 4) is 17.2 Å². The summed E-state index contributed by atoms with van der Waals surface area (Å²) in [5, 5.41) is 0. The number of carbonyl (C=O) groups excluding carboxylic acids is 1. The number of ketones is 1. The first-order valence-electron chi connectivity index (χ1n) is 15.6. The fourth-order valence-corrected chi connectivity index (χ4v) is 7.15. The maximum atomic E-state index is 13.6. The smallest absolute Gasteiger partial charge is 0.166 e. The summed E-state index contributed by atoms with van der Waals surface area (Å²) >= 11 is 0. The number of aryl methyl sites for hydroxylation is 1. The summed E-state index contributed by atoms with van der Waals surface area (Å²) in [5.41, 5.74) is 5.87. The number of ether oxygens (including phenoxy) is 3. The predicted octanol–water partition coefficient (Wildman–Crippen LogP) is 6.58. The molecule has 6 rings (SSSR count). The van der Waals surface area contributed by atoms with Gasteiger partial charge in [-0.1, -0.05) is 30.3 Å². The molecule has 6 nitrogen and oxygen atoms in total. The van der Waals surface area contributed by atoms with Gasteiger partial charge in [0.05, 0.1) is 20.3 Å². The van der Waals surface area contributed by atoms with Gasteiger partial charge in [0.1, 0.15) is 12.4 Å². The Morgan fingerprint density at radius 2 is 1.71 bits per heavy atom. The van der Waals surface area contributed by atoms with E-state index in [-0.39, 0.29) is 17.7 Å². The van der Waals surface area contributed by atoms with Crippen molar-refractivity contribution in [1.82, 2.24) is 4.90 Å². The normalized spacial score (nSPS) is 19.7. The zero-order chi connectivity index (χ0) is 29.1. The van der Waals surface area contributed by atoms with Crippen molar-refractivity contribution in [3.05, 3.63) is 82.9 Å². The molecule has 1 aliphatic carbocycles. The second-order valence-corrected chi connectivity index (χ2v) is 12.3. The summed E-state index contributed by atoms with van der Waals surface area (Å²) < 4.78 is 17.6. The van der Waals surface area contributed by atoms with E-state index in [0.29, 0.717) is 24.0 Å². The number of fused-ring (bicyclic) bond motifs is 2. The van der Waals surface area contributed by atoms with Crippen molar-refractivity contribution < 1.29 is 19.0 Å². The van der Waals surface area contributed by atoms with E-state index in [1.165, 1.54) is 16.8 Å². The number of Topliss-reactive ketones (excluding diaryl/α,β-unsaturated/α-hetero) is 1. The van der Waals surface area contributed by atoms with Crippen LogP contribution in [0.4, 0.5) is 5.69 Å². The van der Waals surface area contributed by atoms with Gasteiger partial charge in [0.25, 0.3) is 0 Å². The van der Waals surface area contributed by atoms with Gasteiger partial charge in [0, 0.05) is 30.3 Å². The van der Waals surface area contributed by atoms with Crippen molar-refractivity contribution >= 4 is 11.5 Å². The number of likely N-dealkylation sites (tertiary alicyclic amines) is 1. The van der Waals surface area contributed by atoms with Crippen LogP contribution in [0.15, 0.2) is 60.7 Å². The average Bonchev–Trinajstić information content (AvgIpc) is 3.33. The Balaban J connectivity index is 1.06. The standard InChI is InChI=1S/C36H44N2O4/c1-25(38-15-7-10-28-20-31(40-2)11-12-33(28)38)24-42-35-22-32-29(21-34(35)41-3)19-30(36(32)39)18-26-13-16-37(17-14-26)23-27-8-5-4-6-9-27/h4-6,8-9,11-12,20-22,25-26,30H,7,10,13-19,23-24H2,1-3H3. The van der Waals surface area contributed by atoms with Gasteiger partial charge in [0.15, 0.2) is 17.3 Å². The number of anilines is 1. The summed E-state index contributed by atoms with van der Waals surface area (Å²) in [7, 11) is 3.40. The van der Waals surface area contributed by atoms with Crippen LogP contribution < -0.4 is 19.1 Å². The molecule has 3 aromatic rings. The summed E-state index contributed by atoms with van der Waals surface area (Å²) in [6, 6.07) is 21.2. The number of carbonyl (C=O) groups is 1. The molecule has 0 N–H and O–H groups in total. The molecule has 2 aliphatic heterocycles. The number of piperidine rings is 1. The highest BCUT2D eigenvalue weighted by atomic mass is 16.5. The van der Waals surface area contributed by atoms with E-state index in [2.05, 4.69) is 59.2 Å². The number of benzene rings is 3. The van der Waals surface area contributed by atoms with Crippen LogP contribution in [0.1, 0.15) is 59.7 Å². The van der Waals surface area contributed by atoms with Crippen molar-refractivity contribution in [1.29, 1.82) is 0 Å². The quantitative estimate of drug-likeness (QED) is 0.275. The van der Waals surface area contributed by atoms with Crippen LogP contribution >= 0.6 is 0 Å². The van der Waals surface area contributed by atoms with Crippen LogP contribution in [-0.2, 0) is 19.4 Å². The van der Waals surface area contributed by atoms with Gasteiger partial charge in [-0.15, -0.1) is 0 Å². The lowest BCUT2D eigenvalue weighted by atomic mass is 9.85. The van der Waals surface area contributed by atoms with Crippen molar-refractivity contribution in [2.24, 2.45) is 11.8 Å². The third-order valence-corrected chi connectivity index (χ3v) is 9.52. The van der Waals surface area contributed by atoms with E-state index in [0.717, 1.165) is 81.6 Å². The molecule has 0 radical (unpaired) electrons. The first-order valence-corrected chi connectivity index (χ1v) is 15.6. The fraction of sp³-hybridized carbons (Fsp3) is 0.472. The molecule has 0 bridgehead atoms. The zero-order valence-corrected chi connectivity index (χ0v) is 25.3. The maximum Gasteiger partial charge on any atom is 0.166 e. The summed E-state index contributed by atoms with van der Waals surface area (Å²) in [4.78, 5) is 18.5. The van der Waals surface area contributed by atoms with Gasteiger partial charge < -0.3 is 19.1 Å². The lowest BCUT2D eigenvalue weighted by Crippen LogP contribution is -2.40. The molecule has 42 heavy (non-hydrogen) atoms. The van der Waals surface area contributed by atoms with Crippen LogP contribution in [0.5, 0.6) is 17.2 Å². The number of methoxy groups -OCH3 is 2. The first-order chi connectivity index (χ1) is 20.5. The minimum Gasteiger partial charge on any atom is -0.497 e. The van der Waals surface area contributed by atoms with E-state index < -0.39 is 0 Å². The highest BCUT2D eigenvalue weighted by Crippen LogP contribution is 2.40. The molecule has 0 spiro atoms. The van der Waals surface area contributed by atoms with Crippen molar-refractivity contribution in [2.75, 3.05) is 45.4 Å². The number of nitrogens with zero attached hydrogens (tertiary/aromatic N) is 2. The van der Waals surface area contributed by atoms with E-state index >= 15 is 0 Å². The predicted molar refractivity (Wildman–Crippen MR) is 167 cm³/mol. The van der Waals surface area contributed by atoms with Gasteiger partial charge in [0.2, 0.25) is 0 Å². The molecule has 0 saturated carbocycles. The topological polar surface area (TPSA) is 51.2 Å². The highest BCUT2D eigenvalue weighted by molar-refractivity contribution is 6.02. The van der Waals surface area contributed by atoms with Crippen molar-refractivity contribution in [2.45, 2.75) is 58.0 Å². The molecule has 2 unspecified atom stereocenters. The molecular formula is C36H44N2O4. The molecular weight excluding hydrogens is 524 g/mol.